The van der Waals surface area contributed by atoms with Gasteiger partial charge in [-0.15, -0.1) is 0 Å². The topological polar surface area (TPSA) is 119 Å². The van der Waals surface area contributed by atoms with Gasteiger partial charge in [0.25, 0.3) is 0 Å². The number of hydrogen-bond acceptors (Lipinski definition) is 6. The van der Waals surface area contributed by atoms with Gasteiger partial charge in [0, 0.05) is 6.42 Å². The van der Waals surface area contributed by atoms with Crippen LogP contribution in [0.2, 0.25) is 0 Å². The Bertz CT molecular complexity index is 1000. The summed E-state index contributed by atoms with van der Waals surface area (Å²) in [5.74, 6) is -0.358. The monoisotopic (exact) mass is 510 g/mol. The molecular weight excluding hydrogens is 477 g/mol. The Morgan fingerprint density at radius 1 is 0.778 bits per heavy atom. The number of carbonyl (C=O) groups is 1. The van der Waals surface area contributed by atoms with E-state index in [-0.39, 0.29) is 12.3 Å². The highest BCUT2D eigenvalue weighted by molar-refractivity contribution is 7.95. The second kappa shape index (κ2) is 12.1. The van der Waals surface area contributed by atoms with Gasteiger partial charge in [-0.3, -0.25) is 4.79 Å². The average Bonchev–Trinajstić information content (AvgIpc) is 2.92. The number of benzene rings is 3. The summed E-state index contributed by atoms with van der Waals surface area (Å²) in [4.78, 5) is 12.8. The van der Waals surface area contributed by atoms with Crippen LogP contribution in [0.25, 0.3) is 0 Å². The number of amides is 1. The standard InChI is InChI=1S/C28H32NO6P/c30-19-23-26(32)27(33)25(28(34)35-23)29-24(31)17-10-18-36(20-11-4-1-5-12-20,21-13-6-2-7-14-21)22-15-8-3-9-16-22/h1-9,11-16,23,25-28,30,32-34H,10,17-19H2/p+1/t23-,25-,26-,27-,28?/m1/s1. The molecule has 0 radical (unpaired) electrons. The van der Waals surface area contributed by atoms with Crippen molar-refractivity contribution < 1.29 is 30.0 Å². The Morgan fingerprint density at radius 3 is 1.69 bits per heavy atom. The van der Waals surface area contributed by atoms with Crippen LogP contribution < -0.4 is 21.2 Å². The van der Waals surface area contributed by atoms with E-state index in [1.807, 2.05) is 54.6 Å². The van der Waals surface area contributed by atoms with Crippen LogP contribution in [0.3, 0.4) is 0 Å². The van der Waals surface area contributed by atoms with Gasteiger partial charge in [-0.2, -0.15) is 0 Å². The molecule has 0 saturated carbocycles. The number of hydrogen-bond donors (Lipinski definition) is 5. The van der Waals surface area contributed by atoms with E-state index in [0.29, 0.717) is 6.42 Å². The lowest BCUT2D eigenvalue weighted by Crippen LogP contribution is -2.64. The molecule has 3 aromatic rings. The predicted octanol–water partition coefficient (Wildman–Crippen LogP) is 0.677. The van der Waals surface area contributed by atoms with Crippen LogP contribution in [0.15, 0.2) is 91.0 Å². The second-order valence-corrected chi connectivity index (χ2v) is 12.6. The van der Waals surface area contributed by atoms with E-state index in [0.717, 1.165) is 6.16 Å². The van der Waals surface area contributed by atoms with Crippen molar-refractivity contribution >= 4 is 29.1 Å². The smallest absolute Gasteiger partial charge is 0.220 e. The maximum absolute atomic E-state index is 12.8. The SMILES string of the molecule is O=C(CCC[P+](c1ccccc1)(c1ccccc1)c1ccccc1)N[C@H]1C(O)O[C@H](CO)[C@@H](O)[C@@H]1O. The Balaban J connectivity index is 1.55. The maximum Gasteiger partial charge on any atom is 0.220 e. The lowest BCUT2D eigenvalue weighted by atomic mass is 9.97. The molecule has 1 heterocycles. The zero-order valence-corrected chi connectivity index (χ0v) is 20.8. The molecule has 5 N–H and O–H groups in total. The first-order valence-electron chi connectivity index (χ1n) is 12.1. The van der Waals surface area contributed by atoms with Gasteiger partial charge >= 0.3 is 0 Å². The minimum absolute atomic E-state index is 0.170. The van der Waals surface area contributed by atoms with E-state index in [1.54, 1.807) is 0 Å². The number of carbonyl (C=O) groups excluding carboxylic acids is 1. The van der Waals surface area contributed by atoms with Crippen LogP contribution in [0.4, 0.5) is 0 Å². The predicted molar refractivity (Wildman–Crippen MR) is 141 cm³/mol. The van der Waals surface area contributed by atoms with Crippen molar-refractivity contribution in [3.8, 4) is 0 Å². The van der Waals surface area contributed by atoms with Crippen LogP contribution >= 0.6 is 7.26 Å². The third-order valence-corrected chi connectivity index (χ3v) is 11.2. The van der Waals surface area contributed by atoms with Gasteiger partial charge in [0.1, 0.15) is 47.5 Å². The summed E-state index contributed by atoms with van der Waals surface area (Å²) in [6.07, 6.45) is -4.04. The highest BCUT2D eigenvalue weighted by Crippen LogP contribution is 2.55. The number of rotatable bonds is 9. The normalized spacial score (nSPS) is 24.3. The summed E-state index contributed by atoms with van der Waals surface area (Å²) in [5, 5.41) is 46.2. The minimum Gasteiger partial charge on any atom is -0.394 e. The summed E-state index contributed by atoms with van der Waals surface area (Å²) in [7, 11) is -2.07. The fourth-order valence-electron chi connectivity index (χ4n) is 4.87. The molecule has 3 aromatic carbocycles. The Morgan fingerprint density at radius 2 is 1.25 bits per heavy atom. The number of ether oxygens (including phenoxy) is 1. The molecule has 7 nitrogen and oxygen atoms in total. The van der Waals surface area contributed by atoms with Crippen molar-refractivity contribution in [2.24, 2.45) is 0 Å². The van der Waals surface area contributed by atoms with Gasteiger partial charge < -0.3 is 30.5 Å². The molecule has 0 spiro atoms. The van der Waals surface area contributed by atoms with Crippen LogP contribution in [0, 0.1) is 0 Å². The Kier molecular flexibility index (Phi) is 8.86. The highest BCUT2D eigenvalue weighted by Gasteiger charge is 2.46. The Hall–Kier alpha value is -2.64. The van der Waals surface area contributed by atoms with Gasteiger partial charge in [-0.05, 0) is 42.8 Å². The van der Waals surface area contributed by atoms with Gasteiger partial charge in [0.15, 0.2) is 6.29 Å². The van der Waals surface area contributed by atoms with Crippen LogP contribution in [0.1, 0.15) is 12.8 Å². The fraction of sp³-hybridized carbons (Fsp3) is 0.321. The van der Waals surface area contributed by atoms with E-state index >= 15 is 0 Å². The fourth-order valence-corrected chi connectivity index (χ4v) is 9.21. The summed E-state index contributed by atoms with van der Waals surface area (Å²) in [6, 6.07) is 30.0. The molecule has 1 aliphatic rings. The maximum atomic E-state index is 12.8. The first kappa shape index (κ1) is 26.4. The van der Waals surface area contributed by atoms with Crippen molar-refractivity contribution in [3.05, 3.63) is 91.0 Å². The molecule has 5 atom stereocenters. The van der Waals surface area contributed by atoms with Crippen molar-refractivity contribution in [1.82, 2.24) is 5.32 Å². The first-order valence-corrected chi connectivity index (χ1v) is 14.1. The van der Waals surface area contributed by atoms with E-state index in [4.69, 9.17) is 4.74 Å². The van der Waals surface area contributed by atoms with E-state index < -0.39 is 44.5 Å². The van der Waals surface area contributed by atoms with Crippen LogP contribution in [0.5, 0.6) is 0 Å². The second-order valence-electron chi connectivity index (χ2n) is 8.97. The third-order valence-electron chi connectivity index (χ3n) is 6.72. The zero-order valence-electron chi connectivity index (χ0n) is 19.9. The molecule has 1 unspecified atom stereocenters. The first-order chi connectivity index (χ1) is 17.5. The molecule has 1 aliphatic heterocycles. The third kappa shape index (κ3) is 5.52. The van der Waals surface area contributed by atoms with Crippen LogP contribution in [-0.2, 0) is 9.53 Å². The van der Waals surface area contributed by atoms with E-state index in [1.165, 1.54) is 15.9 Å². The van der Waals surface area contributed by atoms with Crippen molar-refractivity contribution in [2.75, 3.05) is 12.8 Å². The zero-order chi connectivity index (χ0) is 25.5. The minimum atomic E-state index is -2.07. The largest absolute Gasteiger partial charge is 0.394 e. The van der Waals surface area contributed by atoms with Crippen LogP contribution in [-0.4, -0.2) is 69.7 Å². The Labute approximate surface area is 211 Å². The molecule has 1 amide bonds. The number of aliphatic hydroxyl groups excluding tert-OH is 4. The molecule has 0 aromatic heterocycles. The summed E-state index contributed by atoms with van der Waals surface area (Å²) in [6.45, 7) is -0.555. The summed E-state index contributed by atoms with van der Waals surface area (Å²) in [5.41, 5.74) is 0. The molecule has 1 saturated heterocycles. The quantitative estimate of drug-likeness (QED) is 0.270. The number of nitrogens with one attached hydrogen (secondary N) is 1. The molecular formula is C28H33NO6P+. The van der Waals surface area contributed by atoms with Gasteiger partial charge in [-0.25, -0.2) is 0 Å². The number of aliphatic hydroxyl groups is 4. The summed E-state index contributed by atoms with van der Waals surface area (Å²) < 4.78 is 5.15. The van der Waals surface area contributed by atoms with E-state index in [2.05, 4.69) is 41.7 Å². The lowest BCUT2D eigenvalue weighted by Gasteiger charge is -2.40. The molecule has 4 rings (SSSR count). The van der Waals surface area contributed by atoms with Gasteiger partial charge in [0.05, 0.1) is 12.8 Å². The van der Waals surface area contributed by atoms with Crippen molar-refractivity contribution in [2.45, 2.75) is 43.5 Å². The van der Waals surface area contributed by atoms with Crippen molar-refractivity contribution in [1.29, 1.82) is 0 Å². The van der Waals surface area contributed by atoms with E-state index in [9.17, 15) is 25.2 Å². The molecule has 0 aliphatic carbocycles. The molecule has 0 bridgehead atoms. The molecule has 8 heteroatoms. The molecule has 1 fully saturated rings. The lowest BCUT2D eigenvalue weighted by molar-refractivity contribution is -0.253. The van der Waals surface area contributed by atoms with Gasteiger partial charge in [0.2, 0.25) is 5.91 Å². The van der Waals surface area contributed by atoms with Crippen molar-refractivity contribution in [3.63, 3.8) is 0 Å². The average molecular weight is 511 g/mol. The summed E-state index contributed by atoms with van der Waals surface area (Å²) >= 11 is 0. The van der Waals surface area contributed by atoms with Gasteiger partial charge in [-0.1, -0.05) is 54.6 Å². The molecule has 190 valence electrons. The highest BCUT2D eigenvalue weighted by atomic mass is 31.2. The molecule has 36 heavy (non-hydrogen) atoms.